The zero-order valence-electron chi connectivity index (χ0n) is 22.4. The number of aromatic nitrogens is 1. The maximum Gasteiger partial charge on any atom is 0.338 e. The lowest BCUT2D eigenvalue weighted by molar-refractivity contribution is -0.139. The molecule has 3 aromatic rings. The molecular formula is C29H29N3O7. The number of oxazole rings is 1. The van der Waals surface area contributed by atoms with Gasteiger partial charge in [-0.05, 0) is 56.7 Å². The van der Waals surface area contributed by atoms with Crippen LogP contribution in [0.5, 0.6) is 17.2 Å². The Hall–Kier alpha value is -4.91. The second-order valence-corrected chi connectivity index (χ2v) is 8.56. The Kier molecular flexibility index (Phi) is 8.10. The third-order valence-electron chi connectivity index (χ3n) is 6.22. The van der Waals surface area contributed by atoms with Crippen molar-refractivity contribution in [2.24, 2.45) is 5.73 Å². The Balaban J connectivity index is 1.55. The molecule has 1 aromatic heterocycles. The van der Waals surface area contributed by atoms with Crippen LogP contribution in [0.3, 0.4) is 0 Å². The quantitative estimate of drug-likeness (QED) is 0.380. The molecule has 0 bridgehead atoms. The van der Waals surface area contributed by atoms with Crippen molar-refractivity contribution >= 4 is 5.97 Å². The van der Waals surface area contributed by atoms with Crippen LogP contribution in [-0.2, 0) is 20.9 Å². The lowest BCUT2D eigenvalue weighted by atomic mass is 9.83. The first-order chi connectivity index (χ1) is 18.8. The maximum atomic E-state index is 12.7. The number of ether oxygens (including phenoxy) is 5. The van der Waals surface area contributed by atoms with Gasteiger partial charge in [0.25, 0.3) is 0 Å². The van der Waals surface area contributed by atoms with Crippen LogP contribution in [0.4, 0.5) is 0 Å². The number of esters is 1. The Morgan fingerprint density at radius 1 is 1.10 bits per heavy atom. The minimum atomic E-state index is -0.727. The van der Waals surface area contributed by atoms with Crippen molar-refractivity contribution in [2.45, 2.75) is 33.3 Å². The van der Waals surface area contributed by atoms with Crippen molar-refractivity contribution in [1.29, 1.82) is 5.26 Å². The van der Waals surface area contributed by atoms with Gasteiger partial charge in [0.05, 0.1) is 37.9 Å². The third-order valence-corrected chi connectivity index (χ3v) is 6.22. The van der Waals surface area contributed by atoms with Crippen LogP contribution >= 0.6 is 0 Å². The van der Waals surface area contributed by atoms with E-state index in [-0.39, 0.29) is 30.2 Å². The highest BCUT2D eigenvalue weighted by Gasteiger charge is 2.36. The molecule has 2 aromatic carbocycles. The second kappa shape index (κ2) is 11.6. The van der Waals surface area contributed by atoms with Crippen molar-refractivity contribution in [1.82, 2.24) is 4.98 Å². The van der Waals surface area contributed by atoms with E-state index < -0.39 is 11.9 Å². The highest BCUT2D eigenvalue weighted by molar-refractivity contribution is 5.92. The number of carbonyl (C=O) groups excluding carboxylic acids is 1. The normalized spacial score (nSPS) is 14.9. The summed E-state index contributed by atoms with van der Waals surface area (Å²) in [4.78, 5) is 17.3. The fourth-order valence-electron chi connectivity index (χ4n) is 4.25. The zero-order valence-corrected chi connectivity index (χ0v) is 22.4. The zero-order chi connectivity index (χ0) is 28.1. The number of aryl methyl sites for hydroxylation is 1. The lowest BCUT2D eigenvalue weighted by Gasteiger charge is -2.26. The fourth-order valence-corrected chi connectivity index (χ4v) is 4.25. The molecule has 0 fully saturated rings. The largest absolute Gasteiger partial charge is 0.497 e. The van der Waals surface area contributed by atoms with E-state index in [9.17, 15) is 10.1 Å². The summed E-state index contributed by atoms with van der Waals surface area (Å²) in [7, 11) is 3.16. The number of hydrogen-bond acceptors (Lipinski definition) is 10. The first-order valence-corrected chi connectivity index (χ1v) is 12.2. The minimum Gasteiger partial charge on any atom is -0.497 e. The van der Waals surface area contributed by atoms with Crippen molar-refractivity contribution < 1.29 is 32.9 Å². The van der Waals surface area contributed by atoms with Gasteiger partial charge in [0.2, 0.25) is 11.8 Å². The number of nitriles is 1. The molecule has 0 aliphatic carbocycles. The molecule has 4 rings (SSSR count). The summed E-state index contributed by atoms with van der Waals surface area (Å²) in [6, 6.07) is 14.5. The second-order valence-electron chi connectivity index (χ2n) is 8.56. The predicted octanol–water partition coefficient (Wildman–Crippen LogP) is 4.89. The van der Waals surface area contributed by atoms with E-state index in [1.54, 1.807) is 70.5 Å². The highest BCUT2D eigenvalue weighted by Crippen LogP contribution is 2.40. The number of nitrogens with two attached hydrogens (primary N) is 1. The van der Waals surface area contributed by atoms with E-state index in [1.807, 2.05) is 6.92 Å². The molecule has 0 amide bonds. The third kappa shape index (κ3) is 5.52. The van der Waals surface area contributed by atoms with Gasteiger partial charge in [0, 0.05) is 0 Å². The summed E-state index contributed by atoms with van der Waals surface area (Å²) in [5, 5.41) is 9.75. The molecular weight excluding hydrogens is 502 g/mol. The first-order valence-electron chi connectivity index (χ1n) is 12.2. The molecule has 0 spiro atoms. The van der Waals surface area contributed by atoms with Crippen molar-refractivity contribution in [3.63, 3.8) is 0 Å². The van der Waals surface area contributed by atoms with Crippen molar-refractivity contribution in [3.05, 3.63) is 82.3 Å². The summed E-state index contributed by atoms with van der Waals surface area (Å²) in [5.41, 5.74) is 8.28. The summed E-state index contributed by atoms with van der Waals surface area (Å²) in [6.07, 6.45) is 0. The van der Waals surface area contributed by atoms with Gasteiger partial charge in [-0.1, -0.05) is 12.1 Å². The average Bonchev–Trinajstić information content (AvgIpc) is 3.31. The Morgan fingerprint density at radius 2 is 1.82 bits per heavy atom. The summed E-state index contributed by atoms with van der Waals surface area (Å²) in [5.74, 6) is 1.76. The van der Waals surface area contributed by atoms with Crippen LogP contribution in [0.2, 0.25) is 0 Å². The van der Waals surface area contributed by atoms with Gasteiger partial charge in [-0.3, -0.25) is 0 Å². The van der Waals surface area contributed by atoms with E-state index in [0.29, 0.717) is 51.5 Å². The Bertz CT molecular complexity index is 1480. The standard InChI is InChI=1S/C29H29N3O7/c1-6-36-29(33)25-17(3)38-27(31)22(14-30)26(25)18-7-9-19(10-8-18)37-15-23-16(2)39-28(32-23)21-13-20(34-4)11-12-24(21)35-5/h7-13,26H,6,15,31H2,1-5H3. The first kappa shape index (κ1) is 27.1. The number of methoxy groups -OCH3 is 2. The molecule has 1 aliphatic heterocycles. The lowest BCUT2D eigenvalue weighted by Crippen LogP contribution is -2.25. The maximum absolute atomic E-state index is 12.7. The number of nitrogens with zero attached hydrogens (tertiary/aromatic N) is 2. The van der Waals surface area contributed by atoms with Gasteiger partial charge in [0.1, 0.15) is 52.7 Å². The molecule has 39 heavy (non-hydrogen) atoms. The molecule has 1 unspecified atom stereocenters. The fraction of sp³-hybridized carbons (Fsp3) is 0.276. The SMILES string of the molecule is CCOC(=O)C1=C(C)OC(N)=C(C#N)C1c1ccc(OCc2nc(-c3cc(OC)ccc3OC)oc2C)cc1. The number of rotatable bonds is 9. The monoisotopic (exact) mass is 531 g/mol. The average molecular weight is 532 g/mol. The molecule has 0 radical (unpaired) electrons. The van der Waals surface area contributed by atoms with Crippen LogP contribution in [0.1, 0.15) is 36.8 Å². The minimum absolute atomic E-state index is 0.0432. The summed E-state index contributed by atoms with van der Waals surface area (Å²) >= 11 is 0. The van der Waals surface area contributed by atoms with E-state index in [1.165, 1.54) is 0 Å². The van der Waals surface area contributed by atoms with E-state index in [0.717, 1.165) is 0 Å². The Labute approximate surface area is 226 Å². The molecule has 0 saturated heterocycles. The molecule has 202 valence electrons. The van der Waals surface area contributed by atoms with Gasteiger partial charge >= 0.3 is 5.97 Å². The highest BCUT2D eigenvalue weighted by atomic mass is 16.5. The molecule has 1 atom stereocenters. The predicted molar refractivity (Wildman–Crippen MR) is 141 cm³/mol. The number of benzene rings is 2. The smallest absolute Gasteiger partial charge is 0.338 e. The van der Waals surface area contributed by atoms with Gasteiger partial charge < -0.3 is 33.8 Å². The molecule has 10 heteroatoms. The summed E-state index contributed by atoms with van der Waals surface area (Å²) < 4.78 is 33.3. The molecule has 0 saturated carbocycles. The molecule has 2 N–H and O–H groups in total. The Morgan fingerprint density at radius 3 is 2.46 bits per heavy atom. The van der Waals surface area contributed by atoms with Gasteiger partial charge in [0.15, 0.2) is 0 Å². The van der Waals surface area contributed by atoms with Crippen LogP contribution in [0.25, 0.3) is 11.5 Å². The van der Waals surface area contributed by atoms with Crippen LogP contribution in [-0.4, -0.2) is 31.8 Å². The number of carbonyl (C=O) groups is 1. The van der Waals surface area contributed by atoms with Crippen molar-refractivity contribution in [2.75, 3.05) is 20.8 Å². The van der Waals surface area contributed by atoms with Gasteiger partial charge in [-0.15, -0.1) is 0 Å². The topological polar surface area (TPSA) is 139 Å². The van der Waals surface area contributed by atoms with E-state index >= 15 is 0 Å². The van der Waals surface area contributed by atoms with E-state index in [4.69, 9.17) is 33.8 Å². The number of hydrogen-bond donors (Lipinski definition) is 1. The van der Waals surface area contributed by atoms with Crippen LogP contribution in [0.15, 0.2) is 69.7 Å². The number of allylic oxidation sites excluding steroid dienone is 2. The molecule has 10 nitrogen and oxygen atoms in total. The molecule has 1 aliphatic rings. The van der Waals surface area contributed by atoms with E-state index in [2.05, 4.69) is 11.1 Å². The van der Waals surface area contributed by atoms with Crippen LogP contribution < -0.4 is 19.9 Å². The van der Waals surface area contributed by atoms with Crippen molar-refractivity contribution in [3.8, 4) is 34.8 Å². The molecule has 2 heterocycles. The van der Waals surface area contributed by atoms with Gasteiger partial charge in [-0.2, -0.15) is 5.26 Å². The van der Waals surface area contributed by atoms with Gasteiger partial charge in [-0.25, -0.2) is 9.78 Å². The van der Waals surface area contributed by atoms with Crippen LogP contribution in [0, 0.1) is 18.3 Å². The summed E-state index contributed by atoms with van der Waals surface area (Å²) in [6.45, 7) is 5.47.